The molecule has 1 N–H and O–H groups in total. The lowest BCUT2D eigenvalue weighted by atomic mass is 10.2. The fraction of sp³-hybridized carbons (Fsp3) is 0.238. The van der Waals surface area contributed by atoms with Crippen LogP contribution in [0.3, 0.4) is 0 Å². The van der Waals surface area contributed by atoms with Crippen LogP contribution in [0.25, 0.3) is 16.7 Å². The minimum Gasteiger partial charge on any atom is -0.488 e. The summed E-state index contributed by atoms with van der Waals surface area (Å²) >= 11 is 1.01. The summed E-state index contributed by atoms with van der Waals surface area (Å²) in [6.45, 7) is 0.144. The molecule has 5 rings (SSSR count). The number of H-pyrrole nitrogens is 1. The van der Waals surface area contributed by atoms with E-state index in [-0.39, 0.29) is 17.0 Å². The van der Waals surface area contributed by atoms with Gasteiger partial charge in [0.1, 0.15) is 18.2 Å². The molecule has 8 heteroatoms. The predicted molar refractivity (Wildman–Crippen MR) is 107 cm³/mol. The highest BCUT2D eigenvalue weighted by molar-refractivity contribution is 7.12. The van der Waals surface area contributed by atoms with Gasteiger partial charge in [0.2, 0.25) is 0 Å². The van der Waals surface area contributed by atoms with Crippen molar-refractivity contribution in [1.29, 1.82) is 0 Å². The second kappa shape index (κ2) is 7.11. The molecule has 3 aromatic heterocycles. The van der Waals surface area contributed by atoms with Crippen LogP contribution in [-0.4, -0.2) is 14.5 Å². The van der Waals surface area contributed by atoms with Gasteiger partial charge in [-0.25, -0.2) is 13.8 Å². The molecule has 1 fully saturated rings. The summed E-state index contributed by atoms with van der Waals surface area (Å²) in [6, 6.07) is 11.8. The first-order valence-electron chi connectivity index (χ1n) is 9.29. The first-order chi connectivity index (χ1) is 14.1. The van der Waals surface area contributed by atoms with Crippen molar-refractivity contribution < 1.29 is 13.5 Å². The molecule has 1 aliphatic rings. The minimum atomic E-state index is -2.48. The zero-order valence-corrected chi connectivity index (χ0v) is 16.1. The molecular weight excluding hydrogens is 396 g/mol. The second-order valence-corrected chi connectivity index (χ2v) is 8.26. The maximum atomic E-state index is 12.7. The van der Waals surface area contributed by atoms with E-state index >= 15 is 0 Å². The van der Waals surface area contributed by atoms with E-state index in [9.17, 15) is 13.6 Å². The summed E-state index contributed by atoms with van der Waals surface area (Å²) in [5.41, 5.74) is 2.30. The van der Waals surface area contributed by atoms with E-state index in [0.717, 1.165) is 33.9 Å². The van der Waals surface area contributed by atoms with Crippen molar-refractivity contribution in [2.75, 3.05) is 0 Å². The molecule has 0 amide bonds. The second-order valence-electron chi connectivity index (χ2n) is 7.06. The Morgan fingerprint density at radius 2 is 2.07 bits per heavy atom. The third kappa shape index (κ3) is 3.67. The predicted octanol–water partition coefficient (Wildman–Crippen LogP) is 5.17. The van der Waals surface area contributed by atoms with Gasteiger partial charge in [0.25, 0.3) is 12.0 Å². The van der Waals surface area contributed by atoms with Crippen molar-refractivity contribution >= 4 is 22.4 Å². The number of aromatic amines is 1. The lowest BCUT2D eigenvalue weighted by Crippen LogP contribution is -2.16. The van der Waals surface area contributed by atoms with E-state index in [1.54, 1.807) is 18.3 Å². The van der Waals surface area contributed by atoms with Gasteiger partial charge in [-0.3, -0.25) is 9.36 Å². The van der Waals surface area contributed by atoms with Gasteiger partial charge in [0.05, 0.1) is 21.6 Å². The largest absolute Gasteiger partial charge is 0.488 e. The number of hydrogen-bond acceptors (Lipinski definition) is 4. The first kappa shape index (κ1) is 18.1. The normalized spacial score (nSPS) is 14.0. The Balaban J connectivity index is 1.34. The average Bonchev–Trinajstić information content (AvgIpc) is 3.29. The summed E-state index contributed by atoms with van der Waals surface area (Å²) in [5.74, 6) is 1.94. The summed E-state index contributed by atoms with van der Waals surface area (Å²) in [4.78, 5) is 21.2. The number of nitrogens with one attached hydrogen (secondary N) is 1. The number of rotatable bonds is 6. The molecule has 1 saturated carbocycles. The lowest BCUT2D eigenvalue weighted by molar-refractivity contribution is 0.155. The Bertz CT molecular complexity index is 1240. The monoisotopic (exact) mass is 413 g/mol. The number of thiophene rings is 1. The quantitative estimate of drug-likeness (QED) is 0.474. The summed E-state index contributed by atoms with van der Waals surface area (Å²) in [6.07, 6.45) is 1.51. The standard InChI is InChI=1S/C21H17F2N3O2S/c22-20(23)18-6-4-15(29-18)11-28-14-7-8-26(19(27)10-14)13-3-5-16-17(9-13)25-21(24-16)12-1-2-12/h3-10,12,20H,1-2,11H2,(H,24,25). The van der Waals surface area contributed by atoms with Crippen LogP contribution in [0.1, 0.15) is 40.8 Å². The molecule has 148 valence electrons. The number of nitrogens with zero attached hydrogens (tertiary/aromatic N) is 2. The maximum absolute atomic E-state index is 12.7. The van der Waals surface area contributed by atoms with Gasteiger partial charge >= 0.3 is 0 Å². The third-order valence-corrected chi connectivity index (χ3v) is 5.96. The van der Waals surface area contributed by atoms with Gasteiger partial charge < -0.3 is 9.72 Å². The average molecular weight is 413 g/mol. The molecule has 0 bridgehead atoms. The number of benzene rings is 1. The molecule has 4 aromatic rings. The van der Waals surface area contributed by atoms with Crippen molar-refractivity contribution in [3.8, 4) is 11.4 Å². The Hall–Kier alpha value is -3.00. The molecule has 0 radical (unpaired) electrons. The fourth-order valence-corrected chi connectivity index (χ4v) is 4.01. The molecule has 1 aromatic carbocycles. The van der Waals surface area contributed by atoms with Crippen LogP contribution >= 0.6 is 11.3 Å². The maximum Gasteiger partial charge on any atom is 0.272 e. The zero-order valence-electron chi connectivity index (χ0n) is 15.3. The molecule has 0 saturated heterocycles. The lowest BCUT2D eigenvalue weighted by Gasteiger charge is -2.08. The topological polar surface area (TPSA) is 59.9 Å². The van der Waals surface area contributed by atoms with Gasteiger partial charge in [-0.05, 0) is 49.2 Å². The van der Waals surface area contributed by atoms with Gasteiger partial charge in [0.15, 0.2) is 0 Å². The molecule has 0 unspecified atom stereocenters. The van der Waals surface area contributed by atoms with Crippen molar-refractivity contribution in [2.24, 2.45) is 0 Å². The number of fused-ring (bicyclic) bond motifs is 1. The van der Waals surface area contributed by atoms with Crippen molar-refractivity contribution in [2.45, 2.75) is 31.8 Å². The van der Waals surface area contributed by atoms with Crippen LogP contribution in [0.5, 0.6) is 5.75 Å². The van der Waals surface area contributed by atoms with E-state index in [4.69, 9.17) is 4.74 Å². The minimum absolute atomic E-state index is 0.0121. The third-order valence-electron chi connectivity index (χ3n) is 4.90. The SMILES string of the molecule is O=c1cc(OCc2ccc(C(F)F)s2)ccn1-c1ccc2nc(C3CC3)[nH]c2c1. The van der Waals surface area contributed by atoms with Gasteiger partial charge in [0, 0.05) is 23.1 Å². The Morgan fingerprint density at radius 3 is 2.79 bits per heavy atom. The smallest absolute Gasteiger partial charge is 0.272 e. The molecular formula is C21H17F2N3O2S. The number of imidazole rings is 1. The van der Waals surface area contributed by atoms with Gasteiger partial charge in [-0.2, -0.15) is 0 Å². The van der Waals surface area contributed by atoms with E-state index < -0.39 is 6.43 Å². The molecule has 0 aliphatic heterocycles. The summed E-state index contributed by atoms with van der Waals surface area (Å²) in [5, 5.41) is 0. The molecule has 5 nitrogen and oxygen atoms in total. The Kier molecular flexibility index (Phi) is 4.43. The highest BCUT2D eigenvalue weighted by Crippen LogP contribution is 2.39. The van der Waals surface area contributed by atoms with E-state index in [1.807, 2.05) is 18.2 Å². The van der Waals surface area contributed by atoms with Crippen molar-refractivity contribution in [1.82, 2.24) is 14.5 Å². The highest BCUT2D eigenvalue weighted by Gasteiger charge is 2.26. The number of halogens is 2. The van der Waals surface area contributed by atoms with Crippen LogP contribution in [0.15, 0.2) is 53.5 Å². The number of ether oxygens (including phenoxy) is 1. The van der Waals surface area contributed by atoms with Gasteiger partial charge in [-0.1, -0.05) is 0 Å². The van der Waals surface area contributed by atoms with Crippen molar-refractivity contribution in [3.63, 3.8) is 0 Å². The molecule has 0 spiro atoms. The van der Waals surface area contributed by atoms with Gasteiger partial charge in [-0.15, -0.1) is 11.3 Å². The first-order valence-corrected chi connectivity index (χ1v) is 10.1. The summed E-state index contributed by atoms with van der Waals surface area (Å²) < 4.78 is 32.5. The van der Waals surface area contributed by atoms with E-state index in [0.29, 0.717) is 16.5 Å². The molecule has 0 atom stereocenters. The van der Waals surface area contributed by atoms with Crippen LogP contribution in [0, 0.1) is 0 Å². The number of hydrogen-bond donors (Lipinski definition) is 1. The van der Waals surface area contributed by atoms with Crippen LogP contribution in [0.2, 0.25) is 0 Å². The Morgan fingerprint density at radius 1 is 1.21 bits per heavy atom. The summed E-state index contributed by atoms with van der Waals surface area (Å²) in [7, 11) is 0. The number of pyridine rings is 1. The van der Waals surface area contributed by atoms with E-state index in [2.05, 4.69) is 9.97 Å². The van der Waals surface area contributed by atoms with Crippen LogP contribution < -0.4 is 10.3 Å². The molecule has 29 heavy (non-hydrogen) atoms. The fourth-order valence-electron chi connectivity index (χ4n) is 3.23. The number of alkyl halides is 2. The van der Waals surface area contributed by atoms with E-state index in [1.165, 1.54) is 29.5 Å². The molecule has 1 aliphatic carbocycles. The highest BCUT2D eigenvalue weighted by atomic mass is 32.1. The number of aromatic nitrogens is 3. The van der Waals surface area contributed by atoms with Crippen molar-refractivity contribution in [3.05, 3.63) is 74.6 Å². The Labute approximate surface area is 168 Å². The zero-order chi connectivity index (χ0) is 20.0. The van der Waals surface area contributed by atoms with Crippen LogP contribution in [0.4, 0.5) is 8.78 Å². The van der Waals surface area contributed by atoms with Crippen LogP contribution in [-0.2, 0) is 6.61 Å². The molecule has 3 heterocycles.